The molecule has 0 radical (unpaired) electrons. The Balaban J connectivity index is 0.741. The molecular weight excluding hydrogens is 794 g/mol. The van der Waals surface area contributed by atoms with Crippen LogP contribution in [0.4, 0.5) is 18.9 Å². The number of para-hydroxylation sites is 1. The van der Waals surface area contributed by atoms with Crippen molar-refractivity contribution in [1.29, 1.82) is 0 Å². The number of pyridine rings is 1. The molecule has 5 heterocycles. The van der Waals surface area contributed by atoms with Gasteiger partial charge in [0.25, 0.3) is 5.91 Å². The van der Waals surface area contributed by atoms with Gasteiger partial charge in [0.05, 0.1) is 47.6 Å². The number of imidazole rings is 1. The van der Waals surface area contributed by atoms with Crippen LogP contribution in [-0.4, -0.2) is 85.5 Å². The summed E-state index contributed by atoms with van der Waals surface area (Å²) >= 11 is 0. The molecule has 17 heteroatoms. The Kier molecular flexibility index (Phi) is 11.0. The van der Waals surface area contributed by atoms with Crippen LogP contribution in [0.15, 0.2) is 59.5 Å². The van der Waals surface area contributed by atoms with Crippen LogP contribution in [0, 0.1) is 5.92 Å². The Hall–Kier alpha value is -5.55. The van der Waals surface area contributed by atoms with Crippen molar-refractivity contribution < 1.29 is 37.0 Å². The first-order valence-electron chi connectivity index (χ1n) is 21.2. The van der Waals surface area contributed by atoms with Gasteiger partial charge in [0.15, 0.2) is 0 Å². The third-order valence-corrected chi connectivity index (χ3v) is 13.2. The summed E-state index contributed by atoms with van der Waals surface area (Å²) in [7, 11) is 3.21. The lowest BCUT2D eigenvalue weighted by Crippen LogP contribution is -2.44. The van der Waals surface area contributed by atoms with Gasteiger partial charge in [-0.2, -0.15) is 18.3 Å². The van der Waals surface area contributed by atoms with E-state index in [1.807, 2.05) is 23.0 Å². The van der Waals surface area contributed by atoms with E-state index >= 15 is 0 Å². The van der Waals surface area contributed by atoms with Crippen molar-refractivity contribution in [2.45, 2.75) is 101 Å². The number of amides is 3. The molecule has 5 aromatic rings. The standard InChI is InChI=1S/C44H49F3N8O6/c1-52-40-31(5-3-7-35(40)55(43(52)59)36-13-14-39(56)50-42(36)58)26-19-30(20-26)61-29-15-17-53(18-16-29)23-25-9-11-28(12-10-25)54-24-27-21-34(37(60-2)22-33(27)51-54)49-41(57)32-6-4-8-38(48-32)44(45,46)47/h3-8,21-22,24-26,28-30,36H,9-20,23H2,1-2H3,(H,49,57)(H,50,56,58)/t25-,26-,28-,30-,36?. The molecule has 1 unspecified atom stereocenters. The maximum atomic E-state index is 13.4. The first-order chi connectivity index (χ1) is 29.3. The number of carbonyl (C=O) groups is 3. The summed E-state index contributed by atoms with van der Waals surface area (Å²) in [4.78, 5) is 56.8. The van der Waals surface area contributed by atoms with Crippen molar-refractivity contribution in [2.75, 3.05) is 32.1 Å². The van der Waals surface area contributed by atoms with E-state index in [4.69, 9.17) is 14.6 Å². The number of aryl methyl sites for hydroxylation is 1. The normalized spacial score (nSPS) is 24.2. The number of anilines is 1. The number of methoxy groups -OCH3 is 1. The summed E-state index contributed by atoms with van der Waals surface area (Å²) < 4.78 is 56.8. The zero-order valence-corrected chi connectivity index (χ0v) is 34.1. The second-order valence-corrected chi connectivity index (χ2v) is 17.1. The fourth-order valence-corrected chi connectivity index (χ4v) is 9.85. The van der Waals surface area contributed by atoms with Gasteiger partial charge < -0.3 is 19.7 Å². The molecule has 3 aromatic heterocycles. The summed E-state index contributed by atoms with van der Waals surface area (Å²) in [5, 5.41) is 10.7. The molecule has 1 atom stereocenters. The second kappa shape index (κ2) is 16.4. The molecule has 2 aliphatic heterocycles. The predicted molar refractivity (Wildman–Crippen MR) is 219 cm³/mol. The van der Waals surface area contributed by atoms with Gasteiger partial charge in [-0.05, 0) is 99.5 Å². The smallest absolute Gasteiger partial charge is 0.433 e. The van der Waals surface area contributed by atoms with Crippen molar-refractivity contribution in [3.8, 4) is 5.75 Å². The molecule has 14 nitrogen and oxygen atoms in total. The Labute approximate surface area is 349 Å². The first kappa shape index (κ1) is 40.8. The zero-order valence-electron chi connectivity index (χ0n) is 34.1. The molecule has 3 amide bonds. The lowest BCUT2D eigenvalue weighted by atomic mass is 9.76. The third-order valence-electron chi connectivity index (χ3n) is 13.2. The fraction of sp³-hybridized carbons (Fsp3) is 0.500. The minimum atomic E-state index is -4.67. The molecule has 9 rings (SSSR count). The number of fused-ring (bicyclic) bond motifs is 2. The summed E-state index contributed by atoms with van der Waals surface area (Å²) in [5.74, 6) is -0.308. The molecular formula is C44H49F3N8O6. The van der Waals surface area contributed by atoms with Crippen LogP contribution in [0.25, 0.3) is 21.9 Å². The average molecular weight is 843 g/mol. The van der Waals surface area contributed by atoms with E-state index in [1.54, 1.807) is 28.3 Å². The van der Waals surface area contributed by atoms with Gasteiger partial charge in [-0.3, -0.25) is 33.5 Å². The molecule has 2 aliphatic carbocycles. The molecule has 4 aliphatic rings. The van der Waals surface area contributed by atoms with E-state index in [0.29, 0.717) is 29.3 Å². The Morgan fingerprint density at radius 3 is 2.43 bits per heavy atom. The molecule has 0 spiro atoms. The van der Waals surface area contributed by atoms with E-state index < -0.39 is 29.7 Å². The number of alkyl halides is 3. The number of aromatic nitrogens is 5. The molecule has 2 saturated heterocycles. The molecule has 61 heavy (non-hydrogen) atoms. The van der Waals surface area contributed by atoms with Gasteiger partial charge in [-0.25, -0.2) is 9.78 Å². The molecule has 0 bridgehead atoms. The highest BCUT2D eigenvalue weighted by Gasteiger charge is 2.38. The molecule has 2 N–H and O–H groups in total. The monoisotopic (exact) mass is 842 g/mol. The number of ether oxygens (including phenoxy) is 2. The summed E-state index contributed by atoms with van der Waals surface area (Å²) in [6.45, 7) is 3.07. The first-order valence-corrected chi connectivity index (χ1v) is 21.2. The van der Waals surface area contributed by atoms with Crippen LogP contribution in [0.1, 0.15) is 104 Å². The minimum absolute atomic E-state index is 0.175. The lowest BCUT2D eigenvalue weighted by molar-refractivity contribution is -0.141. The van der Waals surface area contributed by atoms with E-state index in [1.165, 1.54) is 13.2 Å². The number of benzene rings is 2. The van der Waals surface area contributed by atoms with E-state index in [9.17, 15) is 32.3 Å². The van der Waals surface area contributed by atoms with Gasteiger partial charge in [-0.15, -0.1) is 0 Å². The Morgan fingerprint density at radius 2 is 1.70 bits per heavy atom. The SMILES string of the molecule is COc1cc2nn([C@H]3CC[C@H](CN4CCC(O[C@H]5C[C@H](c6cccc7c6n(C)c(=O)n7C6CCC(=O)NC6=O)C5)CC4)CC3)cc2cc1NC(=O)c1cccc(C(F)(F)F)n1. The second-order valence-electron chi connectivity index (χ2n) is 17.1. The topological polar surface area (TPSA) is 155 Å². The van der Waals surface area contributed by atoms with Crippen LogP contribution in [0.2, 0.25) is 0 Å². The highest BCUT2D eigenvalue weighted by molar-refractivity contribution is 6.05. The summed E-state index contributed by atoms with van der Waals surface area (Å²) in [6.07, 6.45) is 6.14. The number of hydrogen-bond acceptors (Lipinski definition) is 9. The summed E-state index contributed by atoms with van der Waals surface area (Å²) in [5.41, 5.74) is 1.94. The number of likely N-dealkylation sites (tertiary alicyclic amines) is 1. The van der Waals surface area contributed by atoms with Crippen molar-refractivity contribution >= 4 is 45.3 Å². The van der Waals surface area contributed by atoms with Crippen molar-refractivity contribution in [2.24, 2.45) is 13.0 Å². The average Bonchev–Trinajstić information content (AvgIpc) is 3.76. The van der Waals surface area contributed by atoms with E-state index in [-0.39, 0.29) is 47.9 Å². The molecule has 322 valence electrons. The Bertz CT molecular complexity index is 2540. The number of imide groups is 1. The van der Waals surface area contributed by atoms with Crippen LogP contribution in [0.5, 0.6) is 5.75 Å². The maximum Gasteiger partial charge on any atom is 0.433 e. The number of halogens is 3. The van der Waals surface area contributed by atoms with Gasteiger partial charge in [-0.1, -0.05) is 18.2 Å². The molecule has 2 aromatic carbocycles. The van der Waals surface area contributed by atoms with Crippen molar-refractivity contribution in [1.82, 2.24) is 34.1 Å². The number of piperidine rings is 2. The maximum absolute atomic E-state index is 13.4. The van der Waals surface area contributed by atoms with E-state index in [2.05, 4.69) is 26.6 Å². The van der Waals surface area contributed by atoms with Crippen molar-refractivity contribution in [3.63, 3.8) is 0 Å². The number of rotatable bonds is 10. The number of carbonyl (C=O) groups excluding carboxylic acids is 3. The van der Waals surface area contributed by atoms with Crippen LogP contribution < -0.4 is 21.1 Å². The summed E-state index contributed by atoms with van der Waals surface area (Å²) in [6, 6.07) is 12.1. The van der Waals surface area contributed by atoms with Crippen LogP contribution in [0.3, 0.4) is 0 Å². The van der Waals surface area contributed by atoms with Gasteiger partial charge in [0.2, 0.25) is 11.8 Å². The number of nitrogens with zero attached hydrogens (tertiary/aromatic N) is 6. The largest absolute Gasteiger partial charge is 0.494 e. The lowest BCUT2D eigenvalue weighted by Gasteiger charge is -2.41. The third kappa shape index (κ3) is 8.16. The van der Waals surface area contributed by atoms with Gasteiger partial charge in [0, 0.05) is 50.8 Å². The number of hydrogen-bond donors (Lipinski definition) is 2. The van der Waals surface area contributed by atoms with Crippen molar-refractivity contribution in [3.05, 3.63) is 82.2 Å². The molecule has 2 saturated carbocycles. The fourth-order valence-electron chi connectivity index (χ4n) is 9.85. The predicted octanol–water partition coefficient (Wildman–Crippen LogP) is 6.50. The van der Waals surface area contributed by atoms with E-state index in [0.717, 1.165) is 105 Å². The number of nitrogens with one attached hydrogen (secondary N) is 2. The van der Waals surface area contributed by atoms with Crippen LogP contribution >= 0.6 is 0 Å². The minimum Gasteiger partial charge on any atom is -0.494 e. The highest BCUT2D eigenvalue weighted by Crippen LogP contribution is 2.43. The van der Waals surface area contributed by atoms with Gasteiger partial charge in [0.1, 0.15) is 23.2 Å². The zero-order chi connectivity index (χ0) is 42.6. The van der Waals surface area contributed by atoms with Gasteiger partial charge >= 0.3 is 11.9 Å². The quantitative estimate of drug-likeness (QED) is 0.150. The molecule has 4 fully saturated rings. The highest BCUT2D eigenvalue weighted by atomic mass is 19.4. The van der Waals surface area contributed by atoms with Crippen LogP contribution in [-0.2, 0) is 27.5 Å². The Morgan fingerprint density at radius 1 is 0.951 bits per heavy atom.